The number of nitrogen functional groups attached to an aromatic ring is 1. The molecule has 1 aliphatic heterocycles. The van der Waals surface area contributed by atoms with Crippen LogP contribution in [0.5, 0.6) is 0 Å². The van der Waals surface area contributed by atoms with E-state index in [1.807, 2.05) is 36.1 Å². The summed E-state index contributed by atoms with van der Waals surface area (Å²) in [4.78, 5) is 7.19. The summed E-state index contributed by atoms with van der Waals surface area (Å²) in [6.07, 6.45) is 8.04. The van der Waals surface area contributed by atoms with E-state index < -0.39 is 11.6 Å². The molecule has 0 aromatic heterocycles. The summed E-state index contributed by atoms with van der Waals surface area (Å²) < 4.78 is 28.3. The van der Waals surface area contributed by atoms with Crippen molar-refractivity contribution >= 4 is 34.2 Å². The van der Waals surface area contributed by atoms with E-state index in [-0.39, 0.29) is 5.92 Å². The Hall–Kier alpha value is -4.61. The first-order valence-corrected chi connectivity index (χ1v) is 13.9. The highest BCUT2D eigenvalue weighted by molar-refractivity contribution is 6.16. The number of nitrogens with zero attached hydrogens (tertiary/aromatic N) is 2. The van der Waals surface area contributed by atoms with Crippen molar-refractivity contribution in [2.45, 2.75) is 45.4 Å². The van der Waals surface area contributed by atoms with Gasteiger partial charge in [0.15, 0.2) is 0 Å². The molecule has 41 heavy (non-hydrogen) atoms. The standard InChI is InChI=1S/C34H35F2N5/c1-4-22(14-21-15-26(35)18-27(36)16-21)34-40-30-17-24(25(19-38)12-13-37)8-9-29(30)31(5-2)41(34)32-11-10-28(23-6-7-23)20(3)33(32)39/h8-13,15-19,22-23H,2,4,6-7,14,37-39H2,1,3H3/b13-12-,25-19+/t22-/m0/s1. The minimum absolute atomic E-state index is 0.201. The predicted molar refractivity (Wildman–Crippen MR) is 165 cm³/mol. The van der Waals surface area contributed by atoms with Crippen LogP contribution in [0.25, 0.3) is 11.3 Å². The van der Waals surface area contributed by atoms with Gasteiger partial charge in [-0.25, -0.2) is 13.8 Å². The fraction of sp³-hybridized carbons (Fsp3) is 0.235. The number of amidine groups is 1. The maximum Gasteiger partial charge on any atom is 0.126 e. The molecule has 1 aliphatic carbocycles. The Kier molecular flexibility index (Phi) is 7.82. The van der Waals surface area contributed by atoms with Crippen molar-refractivity contribution in [1.82, 2.24) is 0 Å². The summed E-state index contributed by atoms with van der Waals surface area (Å²) in [6.45, 7) is 8.14. The molecule has 1 saturated carbocycles. The fourth-order valence-corrected chi connectivity index (χ4v) is 5.65. The Bertz CT molecular complexity index is 1620. The molecule has 3 aromatic rings. The summed E-state index contributed by atoms with van der Waals surface area (Å²) in [7, 11) is 0. The molecule has 7 heteroatoms. The summed E-state index contributed by atoms with van der Waals surface area (Å²) >= 11 is 0. The van der Waals surface area contributed by atoms with Crippen molar-refractivity contribution in [3.63, 3.8) is 0 Å². The molecule has 5 rings (SSSR count). The molecule has 0 radical (unpaired) electrons. The number of rotatable bonds is 8. The second kappa shape index (κ2) is 11.5. The van der Waals surface area contributed by atoms with Crippen molar-refractivity contribution < 1.29 is 8.78 Å². The number of benzene rings is 3. The average Bonchev–Trinajstić information content (AvgIpc) is 3.80. The highest BCUT2D eigenvalue weighted by atomic mass is 19.1. The minimum Gasteiger partial charge on any atom is -0.405 e. The van der Waals surface area contributed by atoms with E-state index in [1.54, 1.807) is 6.08 Å². The van der Waals surface area contributed by atoms with Gasteiger partial charge < -0.3 is 17.2 Å². The molecule has 0 bridgehead atoms. The van der Waals surface area contributed by atoms with Gasteiger partial charge in [0.05, 0.1) is 22.8 Å². The molecule has 5 nitrogen and oxygen atoms in total. The van der Waals surface area contributed by atoms with Crippen molar-refractivity contribution in [3.05, 3.63) is 119 Å². The lowest BCUT2D eigenvalue weighted by molar-refractivity contribution is 0.573. The topological polar surface area (TPSA) is 93.7 Å². The van der Waals surface area contributed by atoms with Gasteiger partial charge in [-0.05, 0) is 109 Å². The highest BCUT2D eigenvalue weighted by Crippen LogP contribution is 2.47. The number of aliphatic imine (C=N–C) groups is 1. The quantitative estimate of drug-likeness (QED) is 0.154. The lowest BCUT2D eigenvalue weighted by atomic mass is 9.91. The lowest BCUT2D eigenvalue weighted by Gasteiger charge is -2.36. The Balaban J connectivity index is 1.70. The van der Waals surface area contributed by atoms with Gasteiger partial charge in [0.2, 0.25) is 0 Å². The number of nitrogens with two attached hydrogens (primary N) is 3. The first kappa shape index (κ1) is 27.9. The third-order valence-corrected chi connectivity index (χ3v) is 7.95. The molecule has 0 amide bonds. The van der Waals surface area contributed by atoms with E-state index in [4.69, 9.17) is 22.2 Å². The van der Waals surface area contributed by atoms with Crippen LogP contribution in [0.15, 0.2) is 84.3 Å². The van der Waals surface area contributed by atoms with Gasteiger partial charge in [-0.1, -0.05) is 25.6 Å². The molecule has 210 valence electrons. The Morgan fingerprint density at radius 1 is 1.12 bits per heavy atom. The SMILES string of the molecule is C=C=C1c2ccc(C(/C=C\N)=C/N)cc2N=C([C@@H](CC)Cc2cc(F)cc(F)c2)N1c1ccc(C2CC2)c(C)c1N. The average molecular weight is 552 g/mol. The van der Waals surface area contributed by atoms with Crippen LogP contribution in [-0.2, 0) is 6.42 Å². The number of fused-ring (bicyclic) bond motifs is 1. The molecule has 0 spiro atoms. The summed E-state index contributed by atoms with van der Waals surface area (Å²) in [5.41, 5.74) is 29.7. The third-order valence-electron chi connectivity index (χ3n) is 7.95. The van der Waals surface area contributed by atoms with Crippen molar-refractivity contribution in [1.29, 1.82) is 0 Å². The Morgan fingerprint density at radius 3 is 2.46 bits per heavy atom. The predicted octanol–water partition coefficient (Wildman–Crippen LogP) is 7.45. The van der Waals surface area contributed by atoms with Gasteiger partial charge in [-0.3, -0.25) is 4.90 Å². The normalized spacial score (nSPS) is 16.0. The van der Waals surface area contributed by atoms with E-state index in [2.05, 4.69) is 25.3 Å². The van der Waals surface area contributed by atoms with Crippen molar-refractivity contribution in [3.8, 4) is 0 Å². The number of anilines is 2. The molecule has 0 unspecified atom stereocenters. The summed E-state index contributed by atoms with van der Waals surface area (Å²) in [6, 6.07) is 13.7. The van der Waals surface area contributed by atoms with Crippen LogP contribution in [0, 0.1) is 24.5 Å². The second-order valence-electron chi connectivity index (χ2n) is 10.6. The summed E-state index contributed by atoms with van der Waals surface area (Å²) in [5, 5.41) is 0. The molecule has 1 atom stereocenters. The van der Waals surface area contributed by atoms with Gasteiger partial charge in [0, 0.05) is 23.7 Å². The second-order valence-corrected chi connectivity index (χ2v) is 10.6. The van der Waals surface area contributed by atoms with Gasteiger partial charge in [0.1, 0.15) is 17.5 Å². The number of hydrogen-bond donors (Lipinski definition) is 3. The van der Waals surface area contributed by atoms with E-state index in [0.717, 1.165) is 34.0 Å². The molecular formula is C34H35F2N5. The molecule has 6 N–H and O–H groups in total. The van der Waals surface area contributed by atoms with Gasteiger partial charge in [-0.15, -0.1) is 5.73 Å². The van der Waals surface area contributed by atoms with Crippen LogP contribution in [0.2, 0.25) is 0 Å². The van der Waals surface area contributed by atoms with E-state index in [0.29, 0.717) is 47.2 Å². The number of allylic oxidation sites excluding steroid dienone is 2. The molecule has 1 fully saturated rings. The first-order chi connectivity index (χ1) is 19.8. The van der Waals surface area contributed by atoms with Crippen LogP contribution in [0.4, 0.5) is 25.8 Å². The molecular weight excluding hydrogens is 516 g/mol. The van der Waals surface area contributed by atoms with Crippen LogP contribution < -0.4 is 22.1 Å². The molecule has 3 aromatic carbocycles. The van der Waals surface area contributed by atoms with Gasteiger partial charge >= 0.3 is 0 Å². The van der Waals surface area contributed by atoms with Crippen molar-refractivity contribution in [2.75, 3.05) is 10.6 Å². The lowest BCUT2D eigenvalue weighted by Crippen LogP contribution is -2.38. The number of halogens is 2. The van der Waals surface area contributed by atoms with E-state index >= 15 is 0 Å². The van der Waals surface area contributed by atoms with Crippen molar-refractivity contribution in [2.24, 2.45) is 22.4 Å². The van der Waals surface area contributed by atoms with Crippen LogP contribution in [0.3, 0.4) is 0 Å². The maximum absolute atomic E-state index is 14.2. The largest absolute Gasteiger partial charge is 0.405 e. The molecule has 1 heterocycles. The number of hydrogen-bond acceptors (Lipinski definition) is 5. The van der Waals surface area contributed by atoms with Gasteiger partial charge in [-0.2, -0.15) is 0 Å². The molecule has 2 aliphatic rings. The maximum atomic E-state index is 14.2. The fourth-order valence-electron chi connectivity index (χ4n) is 5.65. The smallest absolute Gasteiger partial charge is 0.126 e. The van der Waals surface area contributed by atoms with Crippen LogP contribution in [-0.4, -0.2) is 5.84 Å². The molecule has 0 saturated heterocycles. The van der Waals surface area contributed by atoms with Gasteiger partial charge in [0.25, 0.3) is 0 Å². The van der Waals surface area contributed by atoms with Crippen LogP contribution >= 0.6 is 0 Å². The van der Waals surface area contributed by atoms with E-state index in [9.17, 15) is 8.78 Å². The Labute approximate surface area is 240 Å². The third kappa shape index (κ3) is 5.41. The zero-order valence-corrected chi connectivity index (χ0v) is 23.4. The monoisotopic (exact) mass is 551 g/mol. The van der Waals surface area contributed by atoms with Crippen LogP contribution in [0.1, 0.15) is 59.9 Å². The zero-order valence-electron chi connectivity index (χ0n) is 23.4. The highest BCUT2D eigenvalue weighted by Gasteiger charge is 2.34. The van der Waals surface area contributed by atoms with E-state index in [1.165, 1.54) is 42.9 Å². The summed E-state index contributed by atoms with van der Waals surface area (Å²) in [5.74, 6) is -0.168. The first-order valence-electron chi connectivity index (χ1n) is 13.9. The Morgan fingerprint density at radius 2 is 1.85 bits per heavy atom. The zero-order chi connectivity index (χ0) is 29.3. The minimum atomic E-state index is -0.608.